The van der Waals surface area contributed by atoms with Gasteiger partial charge in [-0.25, -0.2) is 0 Å². The maximum absolute atomic E-state index is 4.05. The number of rotatable bonds is 3. The van der Waals surface area contributed by atoms with Crippen LogP contribution in [0.3, 0.4) is 0 Å². The van der Waals surface area contributed by atoms with E-state index in [9.17, 15) is 0 Å². The van der Waals surface area contributed by atoms with Gasteiger partial charge in [0.05, 0.1) is 11.7 Å². The number of H-pyrrole nitrogens is 1. The van der Waals surface area contributed by atoms with Crippen molar-refractivity contribution in [1.82, 2.24) is 10.2 Å². The van der Waals surface area contributed by atoms with Crippen molar-refractivity contribution < 1.29 is 0 Å². The summed E-state index contributed by atoms with van der Waals surface area (Å²) in [5, 5.41) is 11.7. The lowest BCUT2D eigenvalue weighted by Gasteiger charge is -2.18. The molecule has 0 aliphatic rings. The first-order chi connectivity index (χ1) is 9.63. The number of fused-ring (bicyclic) bond motifs is 1. The molecule has 1 unspecified atom stereocenters. The van der Waals surface area contributed by atoms with Gasteiger partial charge in [0, 0.05) is 17.1 Å². The number of nitrogens with one attached hydrogen (secondary N) is 2. The van der Waals surface area contributed by atoms with Gasteiger partial charge in [0.15, 0.2) is 0 Å². The maximum Gasteiger partial charge on any atom is 0.0651 e. The lowest BCUT2D eigenvalue weighted by Crippen LogP contribution is -2.08. The van der Waals surface area contributed by atoms with Crippen LogP contribution in [0.5, 0.6) is 0 Å². The zero-order valence-corrected chi connectivity index (χ0v) is 12.1. The highest BCUT2D eigenvalue weighted by Crippen LogP contribution is 2.25. The summed E-state index contributed by atoms with van der Waals surface area (Å²) in [7, 11) is 0. The van der Waals surface area contributed by atoms with E-state index < -0.39 is 0 Å². The summed E-state index contributed by atoms with van der Waals surface area (Å²) in [6.07, 6.45) is 1.85. The average molecular weight is 265 g/mol. The Morgan fingerprint density at radius 3 is 2.80 bits per heavy atom. The third kappa shape index (κ3) is 2.39. The highest BCUT2D eigenvalue weighted by molar-refractivity contribution is 5.81. The van der Waals surface area contributed by atoms with Crippen LogP contribution in [0.15, 0.2) is 42.6 Å². The minimum absolute atomic E-state index is 0.277. The van der Waals surface area contributed by atoms with Gasteiger partial charge < -0.3 is 5.32 Å². The molecular formula is C17H19N3. The Hall–Kier alpha value is -2.29. The standard InChI is InChI=1S/C17H19N3/c1-11-4-5-12(2)16(8-11)13(3)19-15-6-7-17-14(9-15)10-18-20-17/h4-10,13,19H,1-3H3,(H,18,20). The van der Waals surface area contributed by atoms with E-state index in [-0.39, 0.29) is 6.04 Å². The summed E-state index contributed by atoms with van der Waals surface area (Å²) in [5.41, 5.74) is 6.14. The monoisotopic (exact) mass is 265 g/mol. The molecule has 1 heterocycles. The predicted octanol–water partition coefficient (Wildman–Crippen LogP) is 4.35. The van der Waals surface area contributed by atoms with E-state index >= 15 is 0 Å². The first kappa shape index (κ1) is 12.7. The zero-order chi connectivity index (χ0) is 14.1. The second-order valence-electron chi connectivity index (χ2n) is 5.40. The van der Waals surface area contributed by atoms with Gasteiger partial charge in [-0.1, -0.05) is 23.8 Å². The van der Waals surface area contributed by atoms with Crippen molar-refractivity contribution >= 4 is 16.6 Å². The SMILES string of the molecule is Cc1ccc(C)c(C(C)Nc2ccc3[nH]ncc3c2)c1. The fraction of sp³-hybridized carbons (Fsp3) is 0.235. The van der Waals surface area contributed by atoms with Crippen molar-refractivity contribution in [1.29, 1.82) is 0 Å². The molecule has 0 saturated heterocycles. The molecule has 0 aliphatic carbocycles. The minimum atomic E-state index is 0.277. The summed E-state index contributed by atoms with van der Waals surface area (Å²) < 4.78 is 0. The minimum Gasteiger partial charge on any atom is -0.378 e. The Labute approximate surface area is 119 Å². The first-order valence-electron chi connectivity index (χ1n) is 6.90. The van der Waals surface area contributed by atoms with Crippen LogP contribution in [-0.4, -0.2) is 10.2 Å². The van der Waals surface area contributed by atoms with E-state index in [4.69, 9.17) is 0 Å². The number of hydrogen-bond donors (Lipinski definition) is 2. The molecule has 0 saturated carbocycles. The second kappa shape index (κ2) is 5.00. The van der Waals surface area contributed by atoms with Crippen LogP contribution in [-0.2, 0) is 0 Å². The number of nitrogens with zero attached hydrogens (tertiary/aromatic N) is 1. The second-order valence-corrected chi connectivity index (χ2v) is 5.40. The van der Waals surface area contributed by atoms with Gasteiger partial charge in [0.1, 0.15) is 0 Å². The Balaban J connectivity index is 1.87. The molecule has 0 spiro atoms. The molecule has 0 amide bonds. The zero-order valence-electron chi connectivity index (χ0n) is 12.1. The Morgan fingerprint density at radius 1 is 1.10 bits per heavy atom. The van der Waals surface area contributed by atoms with Crippen LogP contribution in [0, 0.1) is 13.8 Å². The molecule has 2 aromatic carbocycles. The number of aryl methyl sites for hydroxylation is 2. The first-order valence-corrected chi connectivity index (χ1v) is 6.90. The molecule has 3 nitrogen and oxygen atoms in total. The molecule has 0 fully saturated rings. The summed E-state index contributed by atoms with van der Waals surface area (Å²) in [5.74, 6) is 0. The molecular weight excluding hydrogens is 246 g/mol. The number of aromatic nitrogens is 2. The van der Waals surface area contributed by atoms with Gasteiger partial charge in [0.2, 0.25) is 0 Å². The number of benzene rings is 2. The smallest absolute Gasteiger partial charge is 0.0651 e. The molecule has 102 valence electrons. The predicted molar refractivity (Wildman–Crippen MR) is 84.0 cm³/mol. The molecule has 2 N–H and O–H groups in total. The van der Waals surface area contributed by atoms with Crippen molar-refractivity contribution in [3.8, 4) is 0 Å². The highest BCUT2D eigenvalue weighted by atomic mass is 15.1. The lowest BCUT2D eigenvalue weighted by molar-refractivity contribution is 0.872. The Bertz CT molecular complexity index is 743. The molecule has 0 bridgehead atoms. The van der Waals surface area contributed by atoms with Gasteiger partial charge in [-0.05, 0) is 50.1 Å². The van der Waals surface area contributed by atoms with Crippen molar-refractivity contribution in [2.45, 2.75) is 26.8 Å². The molecule has 0 radical (unpaired) electrons. The third-order valence-corrected chi connectivity index (χ3v) is 3.72. The van der Waals surface area contributed by atoms with Crippen molar-refractivity contribution in [3.63, 3.8) is 0 Å². The van der Waals surface area contributed by atoms with Crippen LogP contribution in [0.2, 0.25) is 0 Å². The van der Waals surface area contributed by atoms with E-state index in [2.05, 4.69) is 72.7 Å². The van der Waals surface area contributed by atoms with Crippen LogP contribution in [0.4, 0.5) is 5.69 Å². The van der Waals surface area contributed by atoms with Gasteiger partial charge in [0.25, 0.3) is 0 Å². The topological polar surface area (TPSA) is 40.7 Å². The van der Waals surface area contributed by atoms with Gasteiger partial charge in [-0.15, -0.1) is 0 Å². The van der Waals surface area contributed by atoms with Crippen molar-refractivity contribution in [2.75, 3.05) is 5.32 Å². The largest absolute Gasteiger partial charge is 0.378 e. The van der Waals surface area contributed by atoms with Crippen LogP contribution >= 0.6 is 0 Å². The van der Waals surface area contributed by atoms with E-state index in [0.29, 0.717) is 0 Å². The normalized spacial score (nSPS) is 12.6. The van der Waals surface area contributed by atoms with E-state index in [1.807, 2.05) is 6.20 Å². The molecule has 0 aliphatic heterocycles. The molecule has 20 heavy (non-hydrogen) atoms. The lowest BCUT2D eigenvalue weighted by atomic mass is 10.00. The van der Waals surface area contributed by atoms with E-state index in [0.717, 1.165) is 16.6 Å². The summed E-state index contributed by atoms with van der Waals surface area (Å²) in [6, 6.07) is 13.1. The van der Waals surface area contributed by atoms with Crippen LogP contribution in [0.25, 0.3) is 10.9 Å². The van der Waals surface area contributed by atoms with Crippen LogP contribution < -0.4 is 5.32 Å². The number of aromatic amines is 1. The van der Waals surface area contributed by atoms with Crippen LogP contribution in [0.1, 0.15) is 29.7 Å². The summed E-state index contributed by atoms with van der Waals surface area (Å²) >= 11 is 0. The van der Waals surface area contributed by atoms with Gasteiger partial charge in [-0.2, -0.15) is 5.10 Å². The highest BCUT2D eigenvalue weighted by Gasteiger charge is 2.09. The van der Waals surface area contributed by atoms with Gasteiger partial charge in [-0.3, -0.25) is 5.10 Å². The summed E-state index contributed by atoms with van der Waals surface area (Å²) in [4.78, 5) is 0. The van der Waals surface area contributed by atoms with Gasteiger partial charge >= 0.3 is 0 Å². The number of hydrogen-bond acceptors (Lipinski definition) is 2. The molecule has 3 rings (SSSR count). The number of anilines is 1. The fourth-order valence-electron chi connectivity index (χ4n) is 2.59. The van der Waals surface area contributed by atoms with E-state index in [1.165, 1.54) is 16.7 Å². The summed E-state index contributed by atoms with van der Waals surface area (Å²) in [6.45, 7) is 6.49. The molecule has 3 aromatic rings. The quantitative estimate of drug-likeness (QED) is 0.739. The third-order valence-electron chi connectivity index (χ3n) is 3.72. The molecule has 1 atom stereocenters. The van der Waals surface area contributed by atoms with E-state index in [1.54, 1.807) is 0 Å². The maximum atomic E-state index is 4.05. The fourth-order valence-corrected chi connectivity index (χ4v) is 2.59. The Kier molecular flexibility index (Phi) is 3.18. The van der Waals surface area contributed by atoms with Crippen molar-refractivity contribution in [3.05, 3.63) is 59.3 Å². The van der Waals surface area contributed by atoms with Crippen molar-refractivity contribution in [2.24, 2.45) is 0 Å². The average Bonchev–Trinajstić information content (AvgIpc) is 2.89. The Morgan fingerprint density at radius 2 is 1.95 bits per heavy atom. The molecule has 3 heteroatoms. The molecule has 1 aromatic heterocycles.